The number of hydrogen-bond acceptors (Lipinski definition) is 5. The number of aromatic nitrogens is 1. The third kappa shape index (κ3) is 3.87. The zero-order valence-electron chi connectivity index (χ0n) is 12.1. The molecule has 21 heavy (non-hydrogen) atoms. The molecule has 1 aromatic rings. The van der Waals surface area contributed by atoms with Gasteiger partial charge in [0.05, 0.1) is 5.69 Å². The predicted molar refractivity (Wildman–Crippen MR) is 78.2 cm³/mol. The number of anilines is 1. The summed E-state index contributed by atoms with van der Waals surface area (Å²) in [5.74, 6) is -1.28. The highest BCUT2D eigenvalue weighted by Crippen LogP contribution is 2.35. The SMILES string of the molecule is CC1(C)CC(=O)N(c2nc(CCCC(=O)O)cs2)C(=O)C1. The molecule has 2 heterocycles. The Morgan fingerprint density at radius 2 is 2.00 bits per heavy atom. The maximum atomic E-state index is 12.1. The lowest BCUT2D eigenvalue weighted by molar-refractivity contribution is -0.137. The predicted octanol–water partition coefficient (Wildman–Crippen LogP) is 2.23. The molecule has 0 bridgehead atoms. The van der Waals surface area contributed by atoms with Gasteiger partial charge in [-0.3, -0.25) is 14.4 Å². The lowest BCUT2D eigenvalue weighted by Crippen LogP contribution is -2.46. The van der Waals surface area contributed by atoms with E-state index < -0.39 is 5.97 Å². The van der Waals surface area contributed by atoms with Gasteiger partial charge in [0, 0.05) is 24.6 Å². The molecule has 1 fully saturated rings. The van der Waals surface area contributed by atoms with Crippen molar-refractivity contribution in [1.29, 1.82) is 0 Å². The van der Waals surface area contributed by atoms with Gasteiger partial charge in [0.15, 0.2) is 5.13 Å². The minimum Gasteiger partial charge on any atom is -0.481 e. The number of aliphatic carboxylic acids is 1. The molecule has 6 nitrogen and oxygen atoms in total. The number of carboxylic acid groups (broad SMARTS) is 1. The van der Waals surface area contributed by atoms with Crippen LogP contribution >= 0.6 is 11.3 Å². The normalized spacial score (nSPS) is 18.1. The average molecular weight is 310 g/mol. The van der Waals surface area contributed by atoms with Crippen molar-refractivity contribution in [2.24, 2.45) is 5.41 Å². The number of thiazole rings is 1. The smallest absolute Gasteiger partial charge is 0.303 e. The van der Waals surface area contributed by atoms with E-state index in [9.17, 15) is 14.4 Å². The average Bonchev–Trinajstić information content (AvgIpc) is 2.74. The van der Waals surface area contributed by atoms with Gasteiger partial charge >= 0.3 is 5.97 Å². The number of carboxylic acids is 1. The van der Waals surface area contributed by atoms with Gasteiger partial charge in [0.1, 0.15) is 0 Å². The first-order chi connectivity index (χ1) is 9.78. The number of carbonyl (C=O) groups excluding carboxylic acids is 2. The van der Waals surface area contributed by atoms with E-state index in [0.29, 0.717) is 30.8 Å². The van der Waals surface area contributed by atoms with Crippen LogP contribution in [-0.2, 0) is 20.8 Å². The number of aryl methyl sites for hydroxylation is 1. The molecule has 114 valence electrons. The molecule has 7 heteroatoms. The van der Waals surface area contributed by atoms with Gasteiger partial charge in [-0.05, 0) is 18.3 Å². The van der Waals surface area contributed by atoms with Crippen molar-refractivity contribution in [3.8, 4) is 0 Å². The molecule has 0 saturated carbocycles. The molecule has 0 radical (unpaired) electrons. The third-order valence-electron chi connectivity index (χ3n) is 3.31. The van der Waals surface area contributed by atoms with Crippen LogP contribution in [0.5, 0.6) is 0 Å². The zero-order valence-corrected chi connectivity index (χ0v) is 12.9. The summed E-state index contributed by atoms with van der Waals surface area (Å²) in [4.78, 5) is 40.2. The van der Waals surface area contributed by atoms with Crippen LogP contribution in [0.2, 0.25) is 0 Å². The zero-order chi connectivity index (χ0) is 15.6. The van der Waals surface area contributed by atoms with Crippen molar-refractivity contribution < 1.29 is 19.5 Å². The lowest BCUT2D eigenvalue weighted by atomic mass is 9.82. The first-order valence-electron chi connectivity index (χ1n) is 6.80. The van der Waals surface area contributed by atoms with Gasteiger partial charge in [-0.2, -0.15) is 0 Å². The van der Waals surface area contributed by atoms with Crippen LogP contribution in [0, 0.1) is 5.41 Å². The number of piperidine rings is 1. The molecular weight excluding hydrogens is 292 g/mol. The fourth-order valence-corrected chi connectivity index (χ4v) is 3.22. The summed E-state index contributed by atoms with van der Waals surface area (Å²) in [7, 11) is 0. The first kappa shape index (κ1) is 15.6. The van der Waals surface area contributed by atoms with E-state index in [4.69, 9.17) is 5.11 Å². The number of imide groups is 1. The van der Waals surface area contributed by atoms with E-state index in [-0.39, 0.29) is 23.7 Å². The van der Waals surface area contributed by atoms with Crippen molar-refractivity contribution in [3.63, 3.8) is 0 Å². The van der Waals surface area contributed by atoms with Crippen LogP contribution in [-0.4, -0.2) is 27.9 Å². The van der Waals surface area contributed by atoms with E-state index >= 15 is 0 Å². The Morgan fingerprint density at radius 1 is 1.38 bits per heavy atom. The van der Waals surface area contributed by atoms with Gasteiger partial charge in [-0.25, -0.2) is 9.88 Å². The Morgan fingerprint density at radius 3 is 2.57 bits per heavy atom. The summed E-state index contributed by atoms with van der Waals surface area (Å²) in [6.45, 7) is 3.80. The van der Waals surface area contributed by atoms with Crippen LogP contribution in [0.1, 0.15) is 45.2 Å². The molecule has 1 saturated heterocycles. The monoisotopic (exact) mass is 310 g/mol. The minimum absolute atomic E-state index is 0.0859. The molecule has 1 aliphatic heterocycles. The van der Waals surface area contributed by atoms with Crippen molar-refractivity contribution in [2.45, 2.75) is 46.0 Å². The van der Waals surface area contributed by atoms with Crippen LogP contribution in [0.3, 0.4) is 0 Å². The maximum absolute atomic E-state index is 12.1. The number of nitrogens with zero attached hydrogens (tertiary/aromatic N) is 2. The molecule has 2 amide bonds. The molecule has 0 aliphatic carbocycles. The van der Waals surface area contributed by atoms with Crippen LogP contribution in [0.25, 0.3) is 0 Å². The Kier molecular flexibility index (Phi) is 4.41. The van der Waals surface area contributed by atoms with E-state index in [1.807, 2.05) is 13.8 Å². The molecule has 0 unspecified atom stereocenters. The molecule has 1 aromatic heterocycles. The Hall–Kier alpha value is -1.76. The fraction of sp³-hybridized carbons (Fsp3) is 0.571. The number of rotatable bonds is 5. The molecular formula is C14H18N2O4S. The Labute approximate surface area is 126 Å². The lowest BCUT2D eigenvalue weighted by Gasteiger charge is -2.33. The number of amides is 2. The van der Waals surface area contributed by atoms with Gasteiger partial charge < -0.3 is 5.11 Å². The summed E-state index contributed by atoms with van der Waals surface area (Å²) >= 11 is 1.25. The van der Waals surface area contributed by atoms with E-state index in [2.05, 4.69) is 4.98 Å². The Bertz CT molecular complexity index is 559. The first-order valence-corrected chi connectivity index (χ1v) is 7.68. The highest BCUT2D eigenvalue weighted by atomic mass is 32.1. The van der Waals surface area contributed by atoms with E-state index in [1.165, 1.54) is 11.3 Å². The molecule has 1 aliphatic rings. The second kappa shape index (κ2) is 5.93. The molecule has 1 N–H and O–H groups in total. The highest BCUT2D eigenvalue weighted by Gasteiger charge is 2.39. The number of carbonyl (C=O) groups is 3. The second-order valence-corrected chi connectivity index (χ2v) is 6.85. The van der Waals surface area contributed by atoms with Gasteiger partial charge in [0.2, 0.25) is 11.8 Å². The van der Waals surface area contributed by atoms with Crippen LogP contribution in [0.4, 0.5) is 5.13 Å². The second-order valence-electron chi connectivity index (χ2n) is 6.01. The molecule has 0 atom stereocenters. The van der Waals surface area contributed by atoms with Crippen molar-refractivity contribution in [2.75, 3.05) is 4.90 Å². The number of hydrogen-bond donors (Lipinski definition) is 1. The van der Waals surface area contributed by atoms with Crippen molar-refractivity contribution in [3.05, 3.63) is 11.1 Å². The third-order valence-corrected chi connectivity index (χ3v) is 4.19. The summed E-state index contributed by atoms with van der Waals surface area (Å²) in [5.41, 5.74) is 0.424. The Balaban J connectivity index is 2.05. The summed E-state index contributed by atoms with van der Waals surface area (Å²) < 4.78 is 0. The maximum Gasteiger partial charge on any atom is 0.303 e. The van der Waals surface area contributed by atoms with Gasteiger partial charge in [-0.1, -0.05) is 13.8 Å². The highest BCUT2D eigenvalue weighted by molar-refractivity contribution is 7.14. The summed E-state index contributed by atoms with van der Waals surface area (Å²) in [6, 6.07) is 0. The minimum atomic E-state index is -0.839. The molecule has 0 spiro atoms. The molecule has 0 aromatic carbocycles. The van der Waals surface area contributed by atoms with Crippen molar-refractivity contribution >= 4 is 34.3 Å². The topological polar surface area (TPSA) is 87.6 Å². The standard InChI is InChI=1S/C14H18N2O4S/c1-14(2)6-10(17)16(11(18)7-14)13-15-9(8-21-13)4-3-5-12(19)20/h8H,3-7H2,1-2H3,(H,19,20). The van der Waals surface area contributed by atoms with Crippen LogP contribution in [0.15, 0.2) is 5.38 Å². The van der Waals surface area contributed by atoms with E-state index in [0.717, 1.165) is 10.6 Å². The van der Waals surface area contributed by atoms with Gasteiger partial charge in [0.25, 0.3) is 0 Å². The van der Waals surface area contributed by atoms with Gasteiger partial charge in [-0.15, -0.1) is 11.3 Å². The summed E-state index contributed by atoms with van der Waals surface area (Å²) in [5, 5.41) is 10.8. The summed E-state index contributed by atoms with van der Waals surface area (Å²) in [6.07, 6.45) is 1.76. The fourth-order valence-electron chi connectivity index (χ4n) is 2.33. The quantitative estimate of drug-likeness (QED) is 0.843. The van der Waals surface area contributed by atoms with E-state index in [1.54, 1.807) is 5.38 Å². The van der Waals surface area contributed by atoms with Crippen LogP contribution < -0.4 is 4.90 Å². The molecule has 2 rings (SSSR count). The largest absolute Gasteiger partial charge is 0.481 e. The van der Waals surface area contributed by atoms with Crippen molar-refractivity contribution in [1.82, 2.24) is 4.98 Å².